The second kappa shape index (κ2) is 7.97. The third-order valence-electron chi connectivity index (χ3n) is 6.09. The first-order valence-electron chi connectivity index (χ1n) is 10.2. The number of rotatable bonds is 5. The summed E-state index contributed by atoms with van der Waals surface area (Å²) in [5.41, 5.74) is 10.3. The Morgan fingerprint density at radius 3 is 2.78 bits per heavy atom. The summed E-state index contributed by atoms with van der Waals surface area (Å²) in [6, 6.07) is 0.453. The molecule has 6 heteroatoms. The molecule has 0 aromatic carbocycles. The fraction of sp³-hybridized carbons (Fsp3) is 0.667. The Bertz CT molecular complexity index is 826. The summed E-state index contributed by atoms with van der Waals surface area (Å²) in [7, 11) is 0. The van der Waals surface area contributed by atoms with E-state index in [0.717, 1.165) is 36.1 Å². The van der Waals surface area contributed by atoms with E-state index in [9.17, 15) is 4.79 Å². The molecular formula is C21H33N5O. The van der Waals surface area contributed by atoms with Gasteiger partial charge in [-0.3, -0.25) is 4.79 Å². The normalized spacial score (nSPS) is 20.6. The zero-order chi connectivity index (χ0) is 19.7. The van der Waals surface area contributed by atoms with Gasteiger partial charge in [0.25, 0.3) is 0 Å². The van der Waals surface area contributed by atoms with Crippen LogP contribution in [0.1, 0.15) is 62.9 Å². The number of nitrogens with two attached hydrogens (primary N) is 1. The fourth-order valence-electron chi connectivity index (χ4n) is 4.43. The lowest BCUT2D eigenvalue weighted by atomic mass is 9.90. The minimum absolute atomic E-state index is 0.179. The predicted octanol–water partition coefficient (Wildman–Crippen LogP) is 3.15. The number of amides is 1. The number of nitrogens with zero attached hydrogens (tertiary/aromatic N) is 4. The SMILES string of the molecule is Cc1nc2c(cnn2C(C)C)c(C)c1CCC(=O)N1CCC[C@@H](C)[C@@H]1CN. The maximum atomic E-state index is 12.9. The van der Waals surface area contributed by atoms with Gasteiger partial charge in [-0.05, 0) is 64.0 Å². The highest BCUT2D eigenvalue weighted by molar-refractivity contribution is 5.81. The highest BCUT2D eigenvalue weighted by atomic mass is 16.2. The van der Waals surface area contributed by atoms with Gasteiger partial charge in [-0.2, -0.15) is 5.10 Å². The van der Waals surface area contributed by atoms with E-state index in [1.807, 2.05) is 22.7 Å². The minimum atomic E-state index is 0.179. The maximum absolute atomic E-state index is 12.9. The van der Waals surface area contributed by atoms with E-state index in [-0.39, 0.29) is 18.0 Å². The van der Waals surface area contributed by atoms with E-state index >= 15 is 0 Å². The third kappa shape index (κ3) is 3.72. The van der Waals surface area contributed by atoms with Crippen LogP contribution in [0.2, 0.25) is 0 Å². The average Bonchev–Trinajstić information content (AvgIpc) is 3.05. The number of carbonyl (C=O) groups is 1. The lowest BCUT2D eigenvalue weighted by Gasteiger charge is -2.39. The number of fused-ring (bicyclic) bond motifs is 1. The monoisotopic (exact) mass is 371 g/mol. The molecule has 0 radical (unpaired) electrons. The Morgan fingerprint density at radius 2 is 2.11 bits per heavy atom. The molecule has 0 aliphatic carbocycles. The van der Waals surface area contributed by atoms with Gasteiger partial charge in [0.05, 0.1) is 6.20 Å². The van der Waals surface area contributed by atoms with Crippen molar-refractivity contribution in [2.75, 3.05) is 13.1 Å². The largest absolute Gasteiger partial charge is 0.338 e. The molecule has 1 aliphatic rings. The molecule has 1 amide bonds. The molecular weight excluding hydrogens is 338 g/mol. The van der Waals surface area contributed by atoms with Crippen molar-refractivity contribution in [2.24, 2.45) is 11.7 Å². The number of likely N-dealkylation sites (tertiary alicyclic amines) is 1. The predicted molar refractivity (Wildman–Crippen MR) is 109 cm³/mol. The zero-order valence-corrected chi connectivity index (χ0v) is 17.3. The standard InChI is InChI=1S/C21H33N5O/c1-13(2)26-21-18(12-23-26)15(4)17(16(5)24-21)8-9-20(27)25-10-6-7-14(3)19(25)11-22/h12-14,19H,6-11,22H2,1-5H3/t14-,19+/m1/s1. The molecule has 2 aromatic heterocycles. The summed E-state index contributed by atoms with van der Waals surface area (Å²) in [5.74, 6) is 0.699. The van der Waals surface area contributed by atoms with Gasteiger partial charge in [0.1, 0.15) is 0 Å². The quantitative estimate of drug-likeness (QED) is 0.876. The van der Waals surface area contributed by atoms with Gasteiger partial charge in [-0.15, -0.1) is 0 Å². The Labute approximate surface area is 162 Å². The van der Waals surface area contributed by atoms with Crippen molar-refractivity contribution in [3.05, 3.63) is 23.0 Å². The minimum Gasteiger partial charge on any atom is -0.338 e. The molecule has 27 heavy (non-hydrogen) atoms. The molecule has 2 atom stereocenters. The molecule has 1 fully saturated rings. The van der Waals surface area contributed by atoms with Gasteiger partial charge in [-0.25, -0.2) is 9.67 Å². The van der Waals surface area contributed by atoms with Crippen LogP contribution in [0.4, 0.5) is 0 Å². The molecule has 6 nitrogen and oxygen atoms in total. The Kier molecular flexibility index (Phi) is 5.84. The van der Waals surface area contributed by atoms with Crippen LogP contribution >= 0.6 is 0 Å². The van der Waals surface area contributed by atoms with Crippen LogP contribution in [0.3, 0.4) is 0 Å². The topological polar surface area (TPSA) is 77.0 Å². The Hall–Kier alpha value is -1.95. The third-order valence-corrected chi connectivity index (χ3v) is 6.09. The van der Waals surface area contributed by atoms with Gasteiger partial charge in [0.2, 0.25) is 5.91 Å². The van der Waals surface area contributed by atoms with Crippen LogP contribution in [-0.4, -0.2) is 44.7 Å². The van der Waals surface area contributed by atoms with E-state index < -0.39 is 0 Å². The van der Waals surface area contributed by atoms with E-state index in [4.69, 9.17) is 10.7 Å². The first kappa shape index (κ1) is 19.8. The van der Waals surface area contributed by atoms with E-state index in [1.54, 1.807) is 0 Å². The van der Waals surface area contributed by atoms with Gasteiger partial charge >= 0.3 is 0 Å². The lowest BCUT2D eigenvalue weighted by Crippen LogP contribution is -2.51. The number of pyridine rings is 1. The van der Waals surface area contributed by atoms with Crippen LogP contribution in [0.15, 0.2) is 6.20 Å². The second-order valence-corrected chi connectivity index (χ2v) is 8.23. The van der Waals surface area contributed by atoms with Crippen molar-refractivity contribution in [1.82, 2.24) is 19.7 Å². The first-order valence-corrected chi connectivity index (χ1v) is 10.2. The van der Waals surface area contributed by atoms with Crippen LogP contribution < -0.4 is 5.73 Å². The van der Waals surface area contributed by atoms with Gasteiger partial charge in [0, 0.05) is 42.7 Å². The molecule has 0 saturated carbocycles. The van der Waals surface area contributed by atoms with Crippen molar-refractivity contribution in [1.29, 1.82) is 0 Å². The molecule has 3 rings (SSSR count). The maximum Gasteiger partial charge on any atom is 0.223 e. The fourth-order valence-corrected chi connectivity index (χ4v) is 4.43. The summed E-state index contributed by atoms with van der Waals surface area (Å²) in [6.07, 6.45) is 5.36. The van der Waals surface area contributed by atoms with Crippen molar-refractivity contribution < 1.29 is 4.79 Å². The van der Waals surface area contributed by atoms with Crippen molar-refractivity contribution >= 4 is 16.9 Å². The van der Waals surface area contributed by atoms with Gasteiger partial charge in [0.15, 0.2) is 5.65 Å². The van der Waals surface area contributed by atoms with Gasteiger partial charge in [-0.1, -0.05) is 6.92 Å². The Balaban J connectivity index is 1.80. The molecule has 0 bridgehead atoms. The summed E-state index contributed by atoms with van der Waals surface area (Å²) < 4.78 is 1.96. The van der Waals surface area contributed by atoms with Crippen molar-refractivity contribution in [3.63, 3.8) is 0 Å². The Morgan fingerprint density at radius 1 is 1.37 bits per heavy atom. The van der Waals surface area contributed by atoms with E-state index in [1.165, 1.54) is 11.1 Å². The van der Waals surface area contributed by atoms with Crippen molar-refractivity contribution in [2.45, 2.75) is 72.4 Å². The summed E-state index contributed by atoms with van der Waals surface area (Å²) >= 11 is 0. The number of hydrogen-bond donors (Lipinski definition) is 1. The molecule has 2 aromatic rings. The highest BCUT2D eigenvalue weighted by Gasteiger charge is 2.30. The molecule has 148 valence electrons. The van der Waals surface area contributed by atoms with Crippen molar-refractivity contribution in [3.8, 4) is 0 Å². The van der Waals surface area contributed by atoms with E-state index in [0.29, 0.717) is 25.3 Å². The average molecular weight is 372 g/mol. The van der Waals surface area contributed by atoms with Crippen LogP contribution in [0.25, 0.3) is 11.0 Å². The highest BCUT2D eigenvalue weighted by Crippen LogP contribution is 2.27. The number of piperidine rings is 1. The first-order chi connectivity index (χ1) is 12.8. The number of carbonyl (C=O) groups excluding carboxylic acids is 1. The van der Waals surface area contributed by atoms with Gasteiger partial charge < -0.3 is 10.6 Å². The van der Waals surface area contributed by atoms with Crippen LogP contribution in [0, 0.1) is 19.8 Å². The van der Waals surface area contributed by atoms with Crippen LogP contribution in [0.5, 0.6) is 0 Å². The summed E-state index contributed by atoms with van der Waals surface area (Å²) in [4.78, 5) is 19.7. The molecule has 0 unspecified atom stereocenters. The lowest BCUT2D eigenvalue weighted by molar-refractivity contribution is -0.136. The molecule has 0 spiro atoms. The smallest absolute Gasteiger partial charge is 0.223 e. The summed E-state index contributed by atoms with van der Waals surface area (Å²) in [5, 5.41) is 5.59. The molecule has 2 N–H and O–H groups in total. The number of hydrogen-bond acceptors (Lipinski definition) is 4. The zero-order valence-electron chi connectivity index (χ0n) is 17.3. The number of aryl methyl sites for hydroxylation is 2. The second-order valence-electron chi connectivity index (χ2n) is 8.23. The number of aromatic nitrogens is 3. The summed E-state index contributed by atoms with van der Waals surface area (Å²) in [6.45, 7) is 12.0. The molecule has 1 aliphatic heterocycles. The molecule has 1 saturated heterocycles. The molecule has 3 heterocycles. The van der Waals surface area contributed by atoms with E-state index in [2.05, 4.69) is 32.8 Å². The van der Waals surface area contributed by atoms with Crippen LogP contribution in [-0.2, 0) is 11.2 Å².